The van der Waals surface area contributed by atoms with Crippen LogP contribution in [0.25, 0.3) is 4.91 Å². The summed E-state index contributed by atoms with van der Waals surface area (Å²) in [5.41, 5.74) is 0.427. The fourth-order valence-electron chi connectivity index (χ4n) is 1.44. The highest BCUT2D eigenvalue weighted by Gasteiger charge is 2.11. The van der Waals surface area contributed by atoms with E-state index in [0.29, 0.717) is 10.6 Å². The molecule has 0 nitrogen and oxygen atoms in total. The van der Waals surface area contributed by atoms with Gasteiger partial charge >= 0.3 is 0 Å². The molecule has 92 valence electrons. The van der Waals surface area contributed by atoms with E-state index in [1.165, 1.54) is 6.07 Å². The molecule has 0 aromatic heterocycles. The molecule has 4 heteroatoms. The molecular weight excluding hydrogens is 274 g/mol. The van der Waals surface area contributed by atoms with Gasteiger partial charge in [-0.25, -0.2) is 0 Å². The van der Waals surface area contributed by atoms with Gasteiger partial charge in [0.1, 0.15) is 0 Å². The summed E-state index contributed by atoms with van der Waals surface area (Å²) in [4.78, 5) is 0.698. The molecule has 0 amide bonds. The lowest BCUT2D eigenvalue weighted by molar-refractivity contribution is 0.428. The van der Waals surface area contributed by atoms with Crippen LogP contribution >= 0.6 is 23.4 Å². The zero-order valence-electron chi connectivity index (χ0n) is 9.24. The molecule has 0 aliphatic heterocycles. The molecule has 2 aromatic carbocycles. The first-order valence-corrected chi connectivity index (χ1v) is 6.40. The summed E-state index contributed by atoms with van der Waals surface area (Å²) < 4.78 is 26.0. The van der Waals surface area contributed by atoms with Crippen LogP contribution in [-0.2, 0) is 0 Å². The molecule has 0 heterocycles. The highest BCUT2D eigenvalue weighted by Crippen LogP contribution is 2.38. The minimum absolute atomic E-state index is 0.0660. The summed E-state index contributed by atoms with van der Waals surface area (Å²) in [6.45, 7) is 0. The molecule has 0 fully saturated rings. The zero-order valence-corrected chi connectivity index (χ0v) is 10.8. The zero-order chi connectivity index (χ0) is 13.0. The molecule has 0 atom stereocenters. The first kappa shape index (κ1) is 13.1. The molecule has 0 saturated carbocycles. The van der Waals surface area contributed by atoms with Crippen molar-refractivity contribution in [3.8, 4) is 0 Å². The lowest BCUT2D eigenvalue weighted by Gasteiger charge is -2.06. The molecule has 0 aliphatic carbocycles. The molecule has 0 N–H and O–H groups in total. The van der Waals surface area contributed by atoms with Gasteiger partial charge in [0.15, 0.2) is 0 Å². The van der Waals surface area contributed by atoms with Crippen molar-refractivity contribution in [3.05, 3.63) is 71.3 Å². The molecule has 18 heavy (non-hydrogen) atoms. The van der Waals surface area contributed by atoms with Gasteiger partial charge in [0.05, 0.1) is 4.91 Å². The van der Waals surface area contributed by atoms with Crippen molar-refractivity contribution in [1.82, 2.24) is 0 Å². The van der Waals surface area contributed by atoms with Crippen LogP contribution in [0, 0.1) is 0 Å². The van der Waals surface area contributed by atoms with Crippen LogP contribution < -0.4 is 0 Å². The molecule has 2 rings (SSSR count). The van der Waals surface area contributed by atoms with Gasteiger partial charge in [0.25, 0.3) is 6.08 Å². The van der Waals surface area contributed by atoms with Crippen molar-refractivity contribution < 1.29 is 8.78 Å². The summed E-state index contributed by atoms with van der Waals surface area (Å²) in [7, 11) is 0. The Morgan fingerprint density at radius 3 is 2.28 bits per heavy atom. The van der Waals surface area contributed by atoms with Crippen molar-refractivity contribution >= 4 is 28.3 Å². The van der Waals surface area contributed by atoms with Crippen LogP contribution in [0.15, 0.2) is 65.6 Å². The SMILES string of the molecule is FC(F)=C(Sc1ccccc1)c1cccc(Cl)c1. The van der Waals surface area contributed by atoms with Crippen LogP contribution in [0.5, 0.6) is 0 Å². The maximum Gasteiger partial charge on any atom is 0.284 e. The Labute approximate surface area is 113 Å². The summed E-state index contributed by atoms with van der Waals surface area (Å²) in [6.07, 6.45) is -1.70. The Hall–Kier alpha value is -1.32. The Morgan fingerprint density at radius 2 is 1.67 bits per heavy atom. The number of hydrogen-bond acceptors (Lipinski definition) is 1. The van der Waals surface area contributed by atoms with E-state index < -0.39 is 6.08 Å². The van der Waals surface area contributed by atoms with E-state index in [9.17, 15) is 8.78 Å². The van der Waals surface area contributed by atoms with Gasteiger partial charge in [-0.15, -0.1) is 0 Å². The van der Waals surface area contributed by atoms with E-state index in [1.54, 1.807) is 30.3 Å². The molecule has 0 bridgehead atoms. The maximum atomic E-state index is 13.0. The number of halogens is 3. The summed E-state index contributed by atoms with van der Waals surface area (Å²) in [5, 5.41) is 0.444. The largest absolute Gasteiger partial charge is 0.284 e. The lowest BCUT2D eigenvalue weighted by atomic mass is 10.2. The first-order chi connectivity index (χ1) is 8.66. The number of thioether (sulfide) groups is 1. The normalized spacial score (nSPS) is 10.2. The predicted molar refractivity (Wildman–Crippen MR) is 72.9 cm³/mol. The number of rotatable bonds is 3. The maximum absolute atomic E-state index is 13.0. The van der Waals surface area contributed by atoms with Gasteiger partial charge < -0.3 is 0 Å². The van der Waals surface area contributed by atoms with Crippen LogP contribution in [0.3, 0.4) is 0 Å². The van der Waals surface area contributed by atoms with E-state index in [1.807, 2.05) is 18.2 Å². The molecule has 0 spiro atoms. The number of benzene rings is 2. The van der Waals surface area contributed by atoms with Crippen LogP contribution in [0.4, 0.5) is 8.78 Å². The molecule has 0 aliphatic rings. The Bertz CT molecular complexity index is 563. The Morgan fingerprint density at radius 1 is 0.944 bits per heavy atom. The molecule has 0 radical (unpaired) electrons. The Balaban J connectivity index is 2.34. The molecular formula is C14H9ClF2S. The van der Waals surface area contributed by atoms with Crippen molar-refractivity contribution in [2.45, 2.75) is 4.90 Å². The standard InChI is InChI=1S/C14H9ClF2S/c15-11-6-4-5-10(9-11)13(14(16)17)18-12-7-2-1-3-8-12/h1-9H. The third kappa shape index (κ3) is 3.34. The summed E-state index contributed by atoms with van der Waals surface area (Å²) >= 11 is 6.85. The van der Waals surface area contributed by atoms with E-state index >= 15 is 0 Å². The fourth-order valence-corrected chi connectivity index (χ4v) is 2.48. The molecule has 0 saturated heterocycles. The van der Waals surface area contributed by atoms with E-state index in [4.69, 9.17) is 11.6 Å². The van der Waals surface area contributed by atoms with Gasteiger partial charge in [-0.3, -0.25) is 0 Å². The van der Waals surface area contributed by atoms with Crippen LogP contribution in [0.1, 0.15) is 5.56 Å². The van der Waals surface area contributed by atoms with Crippen LogP contribution in [0.2, 0.25) is 5.02 Å². The number of hydrogen-bond donors (Lipinski definition) is 0. The summed E-state index contributed by atoms with van der Waals surface area (Å²) in [6, 6.07) is 15.5. The van der Waals surface area contributed by atoms with E-state index in [-0.39, 0.29) is 4.91 Å². The quantitative estimate of drug-likeness (QED) is 0.651. The topological polar surface area (TPSA) is 0 Å². The Kier molecular flexibility index (Phi) is 4.39. The first-order valence-electron chi connectivity index (χ1n) is 5.21. The average Bonchev–Trinajstić information content (AvgIpc) is 2.37. The lowest BCUT2D eigenvalue weighted by Crippen LogP contribution is -1.82. The minimum atomic E-state index is -1.70. The van der Waals surface area contributed by atoms with Crippen molar-refractivity contribution in [2.75, 3.05) is 0 Å². The molecule has 0 unspecified atom stereocenters. The summed E-state index contributed by atoms with van der Waals surface area (Å²) in [5.74, 6) is 0. The highest BCUT2D eigenvalue weighted by molar-refractivity contribution is 8.08. The van der Waals surface area contributed by atoms with Crippen LogP contribution in [-0.4, -0.2) is 0 Å². The predicted octanol–water partition coefficient (Wildman–Crippen LogP) is 5.70. The second kappa shape index (κ2) is 6.03. The van der Waals surface area contributed by atoms with Gasteiger partial charge in [-0.2, -0.15) is 8.78 Å². The van der Waals surface area contributed by atoms with Crippen molar-refractivity contribution in [2.24, 2.45) is 0 Å². The fraction of sp³-hybridized carbons (Fsp3) is 0. The van der Waals surface area contributed by atoms with Gasteiger partial charge in [-0.1, -0.05) is 53.7 Å². The highest BCUT2D eigenvalue weighted by atomic mass is 35.5. The van der Waals surface area contributed by atoms with Gasteiger partial charge in [0, 0.05) is 9.92 Å². The molecule has 2 aromatic rings. The van der Waals surface area contributed by atoms with E-state index in [2.05, 4.69) is 0 Å². The van der Waals surface area contributed by atoms with Gasteiger partial charge in [0.2, 0.25) is 0 Å². The third-order valence-corrected chi connectivity index (χ3v) is 3.56. The third-order valence-electron chi connectivity index (χ3n) is 2.22. The van der Waals surface area contributed by atoms with Crippen molar-refractivity contribution in [1.29, 1.82) is 0 Å². The second-order valence-corrected chi connectivity index (χ2v) is 5.04. The average molecular weight is 283 g/mol. The van der Waals surface area contributed by atoms with Gasteiger partial charge in [-0.05, 0) is 29.8 Å². The minimum Gasteiger partial charge on any atom is -0.172 e. The van der Waals surface area contributed by atoms with Crippen molar-refractivity contribution in [3.63, 3.8) is 0 Å². The monoisotopic (exact) mass is 282 g/mol. The second-order valence-electron chi connectivity index (χ2n) is 3.51. The smallest absolute Gasteiger partial charge is 0.172 e. The van der Waals surface area contributed by atoms with E-state index in [0.717, 1.165) is 16.7 Å².